The minimum Gasteiger partial charge on any atom is -0.494 e. The van der Waals surface area contributed by atoms with Crippen LogP contribution in [0.2, 0.25) is 0 Å². The van der Waals surface area contributed by atoms with Crippen molar-refractivity contribution in [2.45, 2.75) is 12.7 Å². The van der Waals surface area contributed by atoms with Crippen LogP contribution in [0.5, 0.6) is 5.75 Å². The molecule has 0 bridgehead atoms. The summed E-state index contributed by atoms with van der Waals surface area (Å²) < 4.78 is 5.48. The van der Waals surface area contributed by atoms with E-state index in [1.807, 2.05) is 37.3 Å². The van der Waals surface area contributed by atoms with Gasteiger partial charge in [-0.05, 0) is 47.9 Å². The summed E-state index contributed by atoms with van der Waals surface area (Å²) in [5.74, 6) is 0.268. The van der Waals surface area contributed by atoms with E-state index in [4.69, 9.17) is 9.84 Å². The topological polar surface area (TPSA) is 46.5 Å². The molecule has 0 amide bonds. The van der Waals surface area contributed by atoms with Gasteiger partial charge in [0.1, 0.15) is 5.75 Å². The summed E-state index contributed by atoms with van der Waals surface area (Å²) in [6.07, 6.45) is 0. The lowest BCUT2D eigenvalue weighted by Crippen LogP contribution is -2.01. The minimum atomic E-state index is -0.927. The van der Waals surface area contributed by atoms with Gasteiger partial charge in [-0.15, -0.1) is 0 Å². The van der Waals surface area contributed by atoms with Crippen LogP contribution < -0.4 is 4.74 Å². The van der Waals surface area contributed by atoms with Gasteiger partial charge in [0.2, 0.25) is 0 Å². The molecule has 1 N–H and O–H groups in total. The second-order valence-corrected chi connectivity index (χ2v) is 4.61. The molecule has 20 heavy (non-hydrogen) atoms. The molecule has 0 unspecified atom stereocenters. The first-order valence-corrected chi connectivity index (χ1v) is 6.99. The van der Waals surface area contributed by atoms with E-state index in [2.05, 4.69) is 12.6 Å². The number of hydrogen-bond donors (Lipinski definition) is 2. The van der Waals surface area contributed by atoms with Crippen molar-refractivity contribution in [2.24, 2.45) is 0 Å². The first kappa shape index (κ1) is 14.5. The third kappa shape index (κ3) is 3.14. The average Bonchev–Trinajstić information content (AvgIpc) is 2.47. The molecular weight excluding hydrogens is 272 g/mol. The molecule has 0 aliphatic carbocycles. The second-order valence-electron chi connectivity index (χ2n) is 4.30. The van der Waals surface area contributed by atoms with E-state index in [9.17, 15) is 4.79 Å². The Hall–Kier alpha value is -1.94. The quantitative estimate of drug-likeness (QED) is 0.821. The summed E-state index contributed by atoms with van der Waals surface area (Å²) >= 11 is 4.20. The molecule has 104 valence electrons. The highest BCUT2D eigenvalue weighted by atomic mass is 32.1. The number of hydrogen-bond acceptors (Lipinski definition) is 3. The first-order chi connectivity index (χ1) is 9.65. The minimum absolute atomic E-state index is 0.296. The maximum absolute atomic E-state index is 11.1. The Balaban J connectivity index is 2.42. The van der Waals surface area contributed by atoms with Gasteiger partial charge in [0.05, 0.1) is 12.2 Å². The van der Waals surface area contributed by atoms with Crippen LogP contribution >= 0.6 is 12.6 Å². The smallest absolute Gasteiger partial charge is 0.335 e. The number of carboxylic acid groups (broad SMARTS) is 1. The molecule has 2 rings (SSSR count). The van der Waals surface area contributed by atoms with E-state index in [1.54, 1.807) is 12.1 Å². The van der Waals surface area contributed by atoms with Crippen molar-refractivity contribution in [3.63, 3.8) is 0 Å². The third-order valence-corrected chi connectivity index (χ3v) is 3.33. The SMILES string of the molecule is CCOc1cccc(-c2ccc(C(=O)O)c(CS)c2)c1. The van der Waals surface area contributed by atoms with E-state index < -0.39 is 5.97 Å². The number of carboxylic acids is 1. The van der Waals surface area contributed by atoms with Crippen LogP contribution in [0, 0.1) is 0 Å². The fourth-order valence-electron chi connectivity index (χ4n) is 2.04. The zero-order valence-electron chi connectivity index (χ0n) is 11.2. The van der Waals surface area contributed by atoms with Crippen LogP contribution in [0.15, 0.2) is 42.5 Å². The Kier molecular flexibility index (Phi) is 4.69. The zero-order valence-corrected chi connectivity index (χ0v) is 12.1. The molecule has 0 aliphatic rings. The van der Waals surface area contributed by atoms with Crippen molar-refractivity contribution in [3.8, 4) is 16.9 Å². The Morgan fingerprint density at radius 1 is 1.20 bits per heavy atom. The molecule has 3 nitrogen and oxygen atoms in total. The van der Waals surface area contributed by atoms with Crippen LogP contribution in [0.3, 0.4) is 0 Å². The highest BCUT2D eigenvalue weighted by Gasteiger charge is 2.10. The van der Waals surface area contributed by atoms with Crippen LogP contribution in [-0.2, 0) is 5.75 Å². The predicted octanol–water partition coefficient (Wildman–Crippen LogP) is 3.88. The van der Waals surface area contributed by atoms with Gasteiger partial charge in [0.15, 0.2) is 0 Å². The summed E-state index contributed by atoms with van der Waals surface area (Å²) in [7, 11) is 0. The van der Waals surface area contributed by atoms with Crippen LogP contribution in [0.4, 0.5) is 0 Å². The summed E-state index contributed by atoms with van der Waals surface area (Å²) in [5, 5.41) is 9.12. The number of benzene rings is 2. The molecule has 0 fully saturated rings. The van der Waals surface area contributed by atoms with E-state index in [1.165, 1.54) is 0 Å². The second kappa shape index (κ2) is 6.48. The Bertz CT molecular complexity index is 623. The molecule has 0 aliphatic heterocycles. The van der Waals surface area contributed by atoms with Crippen molar-refractivity contribution in [1.82, 2.24) is 0 Å². The largest absolute Gasteiger partial charge is 0.494 e. The highest BCUT2D eigenvalue weighted by molar-refractivity contribution is 7.79. The molecule has 4 heteroatoms. The maximum atomic E-state index is 11.1. The molecule has 0 saturated carbocycles. The van der Waals surface area contributed by atoms with Gasteiger partial charge in [-0.3, -0.25) is 0 Å². The number of thiol groups is 1. The maximum Gasteiger partial charge on any atom is 0.335 e. The molecule has 0 aromatic heterocycles. The van der Waals surface area contributed by atoms with Gasteiger partial charge in [0.25, 0.3) is 0 Å². The number of rotatable bonds is 5. The molecular formula is C16H16O3S. The lowest BCUT2D eigenvalue weighted by atomic mass is 9.99. The van der Waals surface area contributed by atoms with E-state index in [0.29, 0.717) is 23.5 Å². The average molecular weight is 288 g/mol. The number of ether oxygens (including phenoxy) is 1. The Morgan fingerprint density at radius 2 is 1.95 bits per heavy atom. The highest BCUT2D eigenvalue weighted by Crippen LogP contribution is 2.26. The van der Waals surface area contributed by atoms with Crippen molar-refractivity contribution < 1.29 is 14.6 Å². The van der Waals surface area contributed by atoms with Crippen LogP contribution in [0.1, 0.15) is 22.8 Å². The molecule has 0 spiro atoms. The Morgan fingerprint density at radius 3 is 2.60 bits per heavy atom. The standard InChI is InChI=1S/C16H16O3S/c1-2-19-14-5-3-4-11(9-14)12-6-7-15(16(17)18)13(8-12)10-20/h3-9,20H,2,10H2,1H3,(H,17,18). The van der Waals surface area contributed by atoms with E-state index in [0.717, 1.165) is 16.9 Å². The first-order valence-electron chi connectivity index (χ1n) is 6.36. The van der Waals surface area contributed by atoms with Crippen LogP contribution in [0.25, 0.3) is 11.1 Å². The zero-order chi connectivity index (χ0) is 14.5. The molecule has 0 saturated heterocycles. The van der Waals surface area contributed by atoms with Gasteiger partial charge >= 0.3 is 5.97 Å². The summed E-state index contributed by atoms with van der Waals surface area (Å²) in [5.41, 5.74) is 2.96. The molecule has 0 heterocycles. The van der Waals surface area contributed by atoms with E-state index in [-0.39, 0.29) is 0 Å². The third-order valence-electron chi connectivity index (χ3n) is 2.98. The van der Waals surface area contributed by atoms with Crippen molar-refractivity contribution >= 4 is 18.6 Å². The summed E-state index contributed by atoms with van der Waals surface area (Å²) in [4.78, 5) is 11.1. The molecule has 0 atom stereocenters. The summed E-state index contributed by atoms with van der Waals surface area (Å²) in [6.45, 7) is 2.55. The summed E-state index contributed by atoms with van der Waals surface area (Å²) in [6, 6.07) is 13.0. The van der Waals surface area contributed by atoms with Gasteiger partial charge < -0.3 is 9.84 Å². The monoisotopic (exact) mass is 288 g/mol. The van der Waals surface area contributed by atoms with Gasteiger partial charge in [-0.25, -0.2) is 4.79 Å². The van der Waals surface area contributed by atoms with Gasteiger partial charge in [-0.1, -0.05) is 18.2 Å². The van der Waals surface area contributed by atoms with Crippen LogP contribution in [-0.4, -0.2) is 17.7 Å². The van der Waals surface area contributed by atoms with Crippen molar-refractivity contribution in [1.29, 1.82) is 0 Å². The number of carbonyl (C=O) groups is 1. The molecule has 2 aromatic carbocycles. The molecule has 2 aromatic rings. The predicted molar refractivity (Wildman–Crippen MR) is 82.7 cm³/mol. The van der Waals surface area contributed by atoms with Crippen molar-refractivity contribution in [2.75, 3.05) is 6.61 Å². The lowest BCUT2D eigenvalue weighted by Gasteiger charge is -2.09. The van der Waals surface area contributed by atoms with Gasteiger partial charge in [-0.2, -0.15) is 12.6 Å². The Labute approximate surface area is 123 Å². The fourth-order valence-corrected chi connectivity index (χ4v) is 2.31. The van der Waals surface area contributed by atoms with E-state index >= 15 is 0 Å². The fraction of sp³-hybridized carbons (Fsp3) is 0.188. The lowest BCUT2D eigenvalue weighted by molar-refractivity contribution is 0.0696. The van der Waals surface area contributed by atoms with Gasteiger partial charge in [0, 0.05) is 5.75 Å². The molecule has 0 radical (unpaired) electrons. The van der Waals surface area contributed by atoms with Crippen molar-refractivity contribution in [3.05, 3.63) is 53.6 Å². The number of aromatic carboxylic acids is 1. The normalized spacial score (nSPS) is 10.3.